The monoisotopic (exact) mass is 953 g/mol. The minimum atomic E-state index is -0.489. The van der Waals surface area contributed by atoms with Gasteiger partial charge in [-0.3, -0.25) is 0 Å². The van der Waals surface area contributed by atoms with Crippen LogP contribution in [0.2, 0.25) is 0 Å². The van der Waals surface area contributed by atoms with Crippen molar-refractivity contribution < 1.29 is 0 Å². The van der Waals surface area contributed by atoms with Gasteiger partial charge in [-0.25, -0.2) is 0 Å². The summed E-state index contributed by atoms with van der Waals surface area (Å²) in [6.45, 7) is 0. The molecule has 0 radical (unpaired) electrons. The molecule has 2 aliphatic rings. The Balaban J connectivity index is 0.920. The van der Waals surface area contributed by atoms with Gasteiger partial charge >= 0.3 is 0 Å². The van der Waals surface area contributed by atoms with Crippen LogP contribution in [0.3, 0.4) is 0 Å². The maximum Gasteiger partial charge on any atom is 0.0713 e. The van der Waals surface area contributed by atoms with E-state index in [2.05, 4.69) is 314 Å². The summed E-state index contributed by atoms with van der Waals surface area (Å²) >= 11 is 0. The third-order valence-corrected chi connectivity index (χ3v) is 16.0. The van der Waals surface area contributed by atoms with Crippen LogP contribution in [-0.2, 0) is 10.8 Å². The lowest BCUT2D eigenvalue weighted by molar-refractivity contribution is 0.769. The standard InChI is InChI=1S/C74H51N/c1-6-22-52(23-7-1)53-40-44-62(45-41-53)75(63-34-20-24-54(48-63)56-42-46-67-65-36-16-18-38-69(65)73(71(67)50-56,58-26-8-2-9-27-58)59-28-10-3-11-29-59)64-35-21-25-55(49-64)57-43-47-68-66-37-17-19-39-70(66)74(72(68)51-57,60-30-12-4-13-31-60)61-32-14-5-15-33-61/h1-51H. The molecule has 0 saturated heterocycles. The van der Waals surface area contributed by atoms with Crippen molar-refractivity contribution in [1.82, 2.24) is 0 Å². The molecule has 0 heterocycles. The van der Waals surface area contributed by atoms with Crippen LogP contribution in [0.5, 0.6) is 0 Å². The molecule has 0 aromatic heterocycles. The molecule has 0 aliphatic heterocycles. The van der Waals surface area contributed by atoms with Crippen molar-refractivity contribution in [1.29, 1.82) is 0 Å². The Hall–Kier alpha value is -9.56. The van der Waals surface area contributed by atoms with E-state index in [0.29, 0.717) is 0 Å². The minimum Gasteiger partial charge on any atom is -0.310 e. The number of nitrogens with zero attached hydrogens (tertiary/aromatic N) is 1. The number of anilines is 3. The van der Waals surface area contributed by atoms with E-state index in [-0.39, 0.29) is 0 Å². The average Bonchev–Trinajstić information content (AvgIpc) is 3.97. The van der Waals surface area contributed by atoms with Crippen molar-refractivity contribution in [3.05, 3.63) is 354 Å². The fourth-order valence-electron chi connectivity index (χ4n) is 12.8. The lowest BCUT2D eigenvalue weighted by atomic mass is 9.67. The zero-order valence-corrected chi connectivity index (χ0v) is 41.4. The Labute approximate surface area is 440 Å². The van der Waals surface area contributed by atoms with Gasteiger partial charge in [-0.15, -0.1) is 0 Å². The fraction of sp³-hybridized carbons (Fsp3) is 0.0270. The number of fused-ring (bicyclic) bond motifs is 6. The second-order valence-electron chi connectivity index (χ2n) is 19.9. The second-order valence-corrected chi connectivity index (χ2v) is 19.9. The fourth-order valence-corrected chi connectivity index (χ4v) is 12.8. The Kier molecular flexibility index (Phi) is 10.7. The Morgan fingerprint density at radius 1 is 0.187 bits per heavy atom. The third kappa shape index (κ3) is 7.08. The molecule has 0 spiro atoms. The predicted molar refractivity (Wildman–Crippen MR) is 312 cm³/mol. The van der Waals surface area contributed by atoms with Crippen molar-refractivity contribution in [3.8, 4) is 55.6 Å². The van der Waals surface area contributed by atoms with Crippen LogP contribution < -0.4 is 4.90 Å². The number of hydrogen-bond donors (Lipinski definition) is 0. The summed E-state index contributed by atoms with van der Waals surface area (Å²) in [5.74, 6) is 0. The van der Waals surface area contributed by atoms with Crippen molar-refractivity contribution in [2.24, 2.45) is 0 Å². The molecule has 75 heavy (non-hydrogen) atoms. The van der Waals surface area contributed by atoms with Crippen LogP contribution in [0.15, 0.2) is 309 Å². The first-order valence-electron chi connectivity index (χ1n) is 26.1. The predicted octanol–water partition coefficient (Wildman–Crippen LogP) is 18.9. The smallest absolute Gasteiger partial charge is 0.0713 e. The van der Waals surface area contributed by atoms with E-state index in [0.717, 1.165) is 28.2 Å². The molecule has 14 rings (SSSR count). The van der Waals surface area contributed by atoms with E-state index in [9.17, 15) is 0 Å². The van der Waals surface area contributed by atoms with Gasteiger partial charge in [0.15, 0.2) is 0 Å². The maximum atomic E-state index is 2.46. The van der Waals surface area contributed by atoms with E-state index in [1.807, 2.05) is 0 Å². The Morgan fingerprint density at radius 2 is 0.493 bits per heavy atom. The molecule has 0 saturated carbocycles. The third-order valence-electron chi connectivity index (χ3n) is 16.0. The zero-order valence-electron chi connectivity index (χ0n) is 41.4. The highest BCUT2D eigenvalue weighted by atomic mass is 15.1. The molecule has 1 heteroatoms. The van der Waals surface area contributed by atoms with Crippen LogP contribution >= 0.6 is 0 Å². The molecule has 2 aliphatic carbocycles. The van der Waals surface area contributed by atoms with Crippen LogP contribution in [0, 0.1) is 0 Å². The summed E-state index contributed by atoms with van der Waals surface area (Å²) < 4.78 is 0. The zero-order chi connectivity index (χ0) is 49.8. The van der Waals surface area contributed by atoms with Gasteiger partial charge in [-0.1, -0.05) is 261 Å². The van der Waals surface area contributed by atoms with Gasteiger partial charge in [0.1, 0.15) is 0 Å². The highest BCUT2D eigenvalue weighted by Crippen LogP contribution is 2.58. The highest BCUT2D eigenvalue weighted by Gasteiger charge is 2.47. The normalized spacial score (nSPS) is 13.3. The summed E-state index contributed by atoms with van der Waals surface area (Å²) in [7, 11) is 0. The van der Waals surface area contributed by atoms with E-state index in [4.69, 9.17) is 0 Å². The van der Waals surface area contributed by atoms with Crippen molar-refractivity contribution in [2.45, 2.75) is 10.8 Å². The van der Waals surface area contributed by atoms with Gasteiger partial charge < -0.3 is 4.90 Å². The van der Waals surface area contributed by atoms with Gasteiger partial charge in [-0.2, -0.15) is 0 Å². The quantitative estimate of drug-likeness (QED) is 0.132. The van der Waals surface area contributed by atoms with E-state index in [1.165, 1.54) is 89.0 Å². The summed E-state index contributed by atoms with van der Waals surface area (Å²) in [6.07, 6.45) is 0. The summed E-state index contributed by atoms with van der Waals surface area (Å²) in [5, 5.41) is 0. The topological polar surface area (TPSA) is 3.24 Å². The second kappa shape index (κ2) is 18.2. The van der Waals surface area contributed by atoms with Gasteiger partial charge in [0.05, 0.1) is 10.8 Å². The highest BCUT2D eigenvalue weighted by molar-refractivity contribution is 5.91. The van der Waals surface area contributed by atoms with Crippen molar-refractivity contribution >= 4 is 17.1 Å². The largest absolute Gasteiger partial charge is 0.310 e. The molecule has 0 bridgehead atoms. The van der Waals surface area contributed by atoms with E-state index < -0.39 is 10.8 Å². The first kappa shape index (κ1) is 44.2. The molecular weight excluding hydrogens is 903 g/mol. The van der Waals surface area contributed by atoms with Crippen LogP contribution in [0.4, 0.5) is 17.1 Å². The SMILES string of the molecule is c1ccc(-c2ccc(N(c3cccc(-c4ccc5c(c4)C(c4ccccc4)(c4ccccc4)c4ccccc4-5)c3)c3cccc(-c4ccc5c(c4)C(c4ccccc4)(c4ccccc4)c4ccccc4-5)c3)cc2)cc1. The lowest BCUT2D eigenvalue weighted by Crippen LogP contribution is -2.28. The molecular formula is C74H51N. The molecule has 1 nitrogen and oxygen atoms in total. The number of rotatable bonds is 10. The molecule has 0 fully saturated rings. The van der Waals surface area contributed by atoms with Gasteiger partial charge in [0.25, 0.3) is 0 Å². The lowest BCUT2D eigenvalue weighted by Gasteiger charge is -2.34. The van der Waals surface area contributed by atoms with E-state index >= 15 is 0 Å². The Bertz CT molecular complexity index is 3730. The molecule has 12 aromatic rings. The van der Waals surface area contributed by atoms with Crippen LogP contribution in [-0.4, -0.2) is 0 Å². The van der Waals surface area contributed by atoms with Gasteiger partial charge in [-0.05, 0) is 149 Å². The minimum absolute atomic E-state index is 0.489. The number of benzene rings is 12. The summed E-state index contributed by atoms with van der Waals surface area (Å²) in [6, 6.07) is 114. The molecule has 0 amide bonds. The first-order chi connectivity index (χ1) is 37.2. The summed E-state index contributed by atoms with van der Waals surface area (Å²) in [4.78, 5) is 2.42. The van der Waals surface area contributed by atoms with Crippen molar-refractivity contribution in [3.63, 3.8) is 0 Å². The maximum absolute atomic E-state index is 2.46. The molecule has 352 valence electrons. The molecule has 0 atom stereocenters. The molecule has 0 N–H and O–H groups in total. The van der Waals surface area contributed by atoms with Crippen LogP contribution in [0.1, 0.15) is 44.5 Å². The van der Waals surface area contributed by atoms with Crippen molar-refractivity contribution in [2.75, 3.05) is 4.90 Å². The number of hydrogen-bond acceptors (Lipinski definition) is 1. The first-order valence-corrected chi connectivity index (χ1v) is 26.1. The average molecular weight is 954 g/mol. The van der Waals surface area contributed by atoms with Gasteiger partial charge in [0.2, 0.25) is 0 Å². The Morgan fingerprint density at radius 3 is 0.907 bits per heavy atom. The summed E-state index contributed by atoms with van der Waals surface area (Å²) in [5.41, 5.74) is 24.7. The molecule has 12 aromatic carbocycles. The van der Waals surface area contributed by atoms with E-state index in [1.54, 1.807) is 0 Å². The molecule has 0 unspecified atom stereocenters. The van der Waals surface area contributed by atoms with Crippen LogP contribution in [0.25, 0.3) is 55.6 Å². The van der Waals surface area contributed by atoms with Gasteiger partial charge in [0, 0.05) is 17.1 Å².